The fraction of sp³-hybridized carbons (Fsp3) is 0.556. The zero-order valence-electron chi connectivity index (χ0n) is 8.46. The van der Waals surface area contributed by atoms with Crippen LogP contribution in [0.2, 0.25) is 5.02 Å². The molecule has 1 aliphatic rings. The summed E-state index contributed by atoms with van der Waals surface area (Å²) in [5, 5.41) is 9.40. The summed E-state index contributed by atoms with van der Waals surface area (Å²) >= 11 is 5.85. The van der Waals surface area contributed by atoms with Gasteiger partial charge in [0, 0.05) is 12.6 Å². The number of aromatic nitrogens is 2. The lowest BCUT2D eigenvalue weighted by Gasteiger charge is -2.14. The molecule has 0 radical (unpaired) electrons. The van der Waals surface area contributed by atoms with Crippen molar-refractivity contribution in [1.82, 2.24) is 15.1 Å². The molecule has 1 fully saturated rings. The van der Waals surface area contributed by atoms with Gasteiger partial charge >= 0.3 is 0 Å². The molecule has 1 atom stereocenters. The van der Waals surface area contributed by atoms with Crippen molar-refractivity contribution in [2.75, 3.05) is 25.5 Å². The Labute approximate surface area is 92.4 Å². The molecule has 1 aliphatic heterocycles. The second-order valence-corrected chi connectivity index (χ2v) is 4.20. The van der Waals surface area contributed by atoms with Crippen molar-refractivity contribution in [3.63, 3.8) is 0 Å². The molecule has 1 aromatic rings. The van der Waals surface area contributed by atoms with Crippen molar-refractivity contribution >= 4 is 17.3 Å². The van der Waals surface area contributed by atoms with Crippen molar-refractivity contribution in [2.24, 2.45) is 0 Å². The molecule has 6 heteroatoms. The van der Waals surface area contributed by atoms with Crippen molar-refractivity contribution in [1.29, 1.82) is 0 Å². The van der Waals surface area contributed by atoms with Crippen LogP contribution in [0.4, 0.5) is 5.69 Å². The molecule has 2 rings (SSSR count). The van der Waals surface area contributed by atoms with Gasteiger partial charge in [-0.25, -0.2) is 5.10 Å². The number of nitrogens with one attached hydrogen (secondary N) is 2. The highest BCUT2D eigenvalue weighted by Gasteiger charge is 2.20. The molecule has 0 amide bonds. The van der Waals surface area contributed by atoms with Gasteiger partial charge in [-0.05, 0) is 20.0 Å². The van der Waals surface area contributed by atoms with Crippen LogP contribution in [0.15, 0.2) is 11.0 Å². The van der Waals surface area contributed by atoms with Gasteiger partial charge in [0.25, 0.3) is 5.56 Å². The average Bonchev–Trinajstić information content (AvgIpc) is 2.59. The third-order valence-corrected chi connectivity index (χ3v) is 2.92. The molecule has 0 spiro atoms. The van der Waals surface area contributed by atoms with E-state index in [-0.39, 0.29) is 10.6 Å². The first-order valence-corrected chi connectivity index (χ1v) is 5.23. The lowest BCUT2D eigenvalue weighted by Crippen LogP contribution is -2.25. The molecular weight excluding hydrogens is 216 g/mol. The van der Waals surface area contributed by atoms with E-state index >= 15 is 0 Å². The van der Waals surface area contributed by atoms with E-state index in [0.29, 0.717) is 11.7 Å². The van der Waals surface area contributed by atoms with E-state index in [1.807, 2.05) is 0 Å². The maximum Gasteiger partial charge on any atom is 0.285 e. The number of likely N-dealkylation sites (tertiary alicyclic amines) is 1. The minimum atomic E-state index is -0.354. The van der Waals surface area contributed by atoms with Gasteiger partial charge in [0.05, 0.1) is 11.9 Å². The minimum Gasteiger partial charge on any atom is -0.378 e. The summed E-state index contributed by atoms with van der Waals surface area (Å²) in [4.78, 5) is 13.4. The van der Waals surface area contributed by atoms with Crippen molar-refractivity contribution in [3.05, 3.63) is 21.6 Å². The molecule has 0 aromatic carbocycles. The van der Waals surface area contributed by atoms with Gasteiger partial charge in [0.2, 0.25) is 0 Å². The summed E-state index contributed by atoms with van der Waals surface area (Å²) in [5.41, 5.74) is 0.258. The maximum atomic E-state index is 11.2. The molecule has 0 aliphatic carbocycles. The van der Waals surface area contributed by atoms with Crippen LogP contribution in [0, 0.1) is 0 Å². The number of likely N-dealkylation sites (N-methyl/N-ethyl adjacent to an activating group) is 1. The normalized spacial score (nSPS) is 21.9. The number of anilines is 1. The van der Waals surface area contributed by atoms with E-state index in [1.165, 1.54) is 0 Å². The lowest BCUT2D eigenvalue weighted by atomic mass is 10.2. The molecular formula is C9H13ClN4O. The van der Waals surface area contributed by atoms with E-state index in [4.69, 9.17) is 11.6 Å². The highest BCUT2D eigenvalue weighted by molar-refractivity contribution is 6.32. The molecule has 2 N–H and O–H groups in total. The maximum absolute atomic E-state index is 11.2. The van der Waals surface area contributed by atoms with Gasteiger partial charge in [-0.15, -0.1) is 0 Å². The Morgan fingerprint density at radius 1 is 1.73 bits per heavy atom. The van der Waals surface area contributed by atoms with E-state index < -0.39 is 0 Å². The number of halogens is 1. The summed E-state index contributed by atoms with van der Waals surface area (Å²) < 4.78 is 0. The zero-order chi connectivity index (χ0) is 10.8. The van der Waals surface area contributed by atoms with Gasteiger partial charge in [0.15, 0.2) is 0 Å². The van der Waals surface area contributed by atoms with Crippen LogP contribution in [0.3, 0.4) is 0 Å². The standard InChI is InChI=1S/C9H13ClN4O/c1-14-3-2-6(5-14)12-7-4-11-13-9(15)8(7)10/h4,6H,2-3,5H2,1H3,(H2,12,13,15). The van der Waals surface area contributed by atoms with Crippen LogP contribution < -0.4 is 10.9 Å². The monoisotopic (exact) mass is 228 g/mol. The van der Waals surface area contributed by atoms with E-state index in [2.05, 4.69) is 27.5 Å². The Hall–Kier alpha value is -1.07. The third kappa shape index (κ3) is 2.30. The molecule has 15 heavy (non-hydrogen) atoms. The fourth-order valence-corrected chi connectivity index (χ4v) is 1.90. The Morgan fingerprint density at radius 2 is 2.53 bits per heavy atom. The Kier molecular flexibility index (Phi) is 2.93. The van der Waals surface area contributed by atoms with E-state index in [1.54, 1.807) is 6.20 Å². The summed E-state index contributed by atoms with van der Waals surface area (Å²) in [6.45, 7) is 2.02. The second kappa shape index (κ2) is 4.20. The molecule has 1 aromatic heterocycles. The molecule has 1 unspecified atom stereocenters. The smallest absolute Gasteiger partial charge is 0.285 e. The highest BCUT2D eigenvalue weighted by atomic mass is 35.5. The first-order valence-electron chi connectivity index (χ1n) is 4.85. The predicted octanol–water partition coefficient (Wildman–Crippen LogP) is 0.539. The topological polar surface area (TPSA) is 61.0 Å². The first kappa shape index (κ1) is 10.4. The first-order chi connectivity index (χ1) is 7.16. The molecule has 0 bridgehead atoms. The quantitative estimate of drug-likeness (QED) is 0.776. The predicted molar refractivity (Wildman–Crippen MR) is 59.4 cm³/mol. The van der Waals surface area contributed by atoms with Crippen LogP contribution in [0.1, 0.15) is 6.42 Å². The van der Waals surface area contributed by atoms with Gasteiger partial charge in [-0.2, -0.15) is 5.10 Å². The SMILES string of the molecule is CN1CCC(Nc2cn[nH]c(=O)c2Cl)C1. The summed E-state index contributed by atoms with van der Waals surface area (Å²) in [5.74, 6) is 0. The van der Waals surface area contributed by atoms with Crippen molar-refractivity contribution in [3.8, 4) is 0 Å². The van der Waals surface area contributed by atoms with Crippen LogP contribution in [0.25, 0.3) is 0 Å². The van der Waals surface area contributed by atoms with E-state index in [0.717, 1.165) is 19.5 Å². The largest absolute Gasteiger partial charge is 0.378 e. The van der Waals surface area contributed by atoms with Gasteiger partial charge in [-0.3, -0.25) is 4.79 Å². The number of aromatic amines is 1. The Morgan fingerprint density at radius 3 is 3.20 bits per heavy atom. The zero-order valence-corrected chi connectivity index (χ0v) is 9.21. The Bertz CT molecular complexity index is 405. The van der Waals surface area contributed by atoms with Crippen LogP contribution >= 0.6 is 11.6 Å². The average molecular weight is 229 g/mol. The van der Waals surface area contributed by atoms with Crippen LogP contribution in [-0.4, -0.2) is 41.3 Å². The molecule has 0 saturated carbocycles. The lowest BCUT2D eigenvalue weighted by molar-refractivity contribution is 0.414. The minimum absolute atomic E-state index is 0.180. The number of nitrogens with zero attached hydrogens (tertiary/aromatic N) is 2. The number of H-pyrrole nitrogens is 1. The number of hydrogen-bond acceptors (Lipinski definition) is 4. The highest BCUT2D eigenvalue weighted by Crippen LogP contribution is 2.18. The van der Waals surface area contributed by atoms with Gasteiger partial charge in [0.1, 0.15) is 5.02 Å². The number of rotatable bonds is 2. The molecule has 5 nitrogen and oxygen atoms in total. The number of hydrogen-bond donors (Lipinski definition) is 2. The van der Waals surface area contributed by atoms with Gasteiger partial charge in [-0.1, -0.05) is 11.6 Å². The molecule has 1 saturated heterocycles. The van der Waals surface area contributed by atoms with E-state index in [9.17, 15) is 4.79 Å². The molecule has 82 valence electrons. The van der Waals surface area contributed by atoms with Gasteiger partial charge < -0.3 is 10.2 Å². The molecule has 2 heterocycles. The van der Waals surface area contributed by atoms with Crippen molar-refractivity contribution < 1.29 is 0 Å². The second-order valence-electron chi connectivity index (χ2n) is 3.82. The van der Waals surface area contributed by atoms with Crippen molar-refractivity contribution in [2.45, 2.75) is 12.5 Å². The van der Waals surface area contributed by atoms with Crippen LogP contribution in [-0.2, 0) is 0 Å². The van der Waals surface area contributed by atoms with Crippen LogP contribution in [0.5, 0.6) is 0 Å². The third-order valence-electron chi connectivity index (χ3n) is 2.55. The fourth-order valence-electron chi connectivity index (χ4n) is 1.76. The summed E-state index contributed by atoms with van der Waals surface area (Å²) in [7, 11) is 2.07. The summed E-state index contributed by atoms with van der Waals surface area (Å²) in [6, 6.07) is 0.344. The Balaban J connectivity index is 2.11. The summed E-state index contributed by atoms with van der Waals surface area (Å²) in [6.07, 6.45) is 2.60.